The van der Waals surface area contributed by atoms with E-state index in [4.69, 9.17) is 14.2 Å². The molecule has 5 nitrogen and oxygen atoms in total. The summed E-state index contributed by atoms with van der Waals surface area (Å²) >= 11 is 1.88. The van der Waals surface area contributed by atoms with Crippen LogP contribution >= 0.6 is 11.8 Å². The van der Waals surface area contributed by atoms with Gasteiger partial charge in [-0.25, -0.2) is 4.79 Å². The molecule has 0 radical (unpaired) electrons. The lowest BCUT2D eigenvalue weighted by Crippen LogP contribution is -2.38. The average molecular weight is 337 g/mol. The van der Waals surface area contributed by atoms with Gasteiger partial charge in [0.15, 0.2) is 11.5 Å². The number of benzene rings is 1. The highest BCUT2D eigenvalue weighted by Crippen LogP contribution is 2.40. The molecule has 1 aromatic carbocycles. The molecule has 0 aliphatic carbocycles. The fourth-order valence-corrected chi connectivity index (χ4v) is 3.88. The van der Waals surface area contributed by atoms with Gasteiger partial charge in [-0.1, -0.05) is 6.07 Å². The van der Waals surface area contributed by atoms with Crippen molar-refractivity contribution < 1.29 is 19.0 Å². The van der Waals surface area contributed by atoms with E-state index in [9.17, 15) is 4.79 Å². The van der Waals surface area contributed by atoms with E-state index in [0.29, 0.717) is 18.6 Å². The number of amides is 1. The molecular weight excluding hydrogens is 314 g/mol. The summed E-state index contributed by atoms with van der Waals surface area (Å²) in [5.74, 6) is 2.53. The van der Waals surface area contributed by atoms with Gasteiger partial charge in [0, 0.05) is 24.1 Å². The summed E-state index contributed by atoms with van der Waals surface area (Å²) in [4.78, 5) is 14.0. The lowest BCUT2D eigenvalue weighted by Gasteiger charge is -2.26. The van der Waals surface area contributed by atoms with Crippen molar-refractivity contribution in [2.24, 2.45) is 0 Å². The molecule has 3 rings (SSSR count). The summed E-state index contributed by atoms with van der Waals surface area (Å²) in [6, 6.07) is 6.12. The third-order valence-corrected chi connectivity index (χ3v) is 5.09. The van der Waals surface area contributed by atoms with E-state index in [1.54, 1.807) is 0 Å². The second kappa shape index (κ2) is 6.51. The number of ether oxygens (including phenoxy) is 3. The maximum atomic E-state index is 12.2. The van der Waals surface area contributed by atoms with Crippen LogP contribution in [0.15, 0.2) is 18.2 Å². The number of nitrogens with zero attached hydrogens (tertiary/aromatic N) is 1. The normalized spacial score (nSPS) is 21.0. The fourth-order valence-electron chi connectivity index (χ4n) is 2.66. The van der Waals surface area contributed by atoms with Gasteiger partial charge in [0.2, 0.25) is 6.79 Å². The number of hydrogen-bond donors (Lipinski definition) is 0. The van der Waals surface area contributed by atoms with Crippen molar-refractivity contribution in [3.8, 4) is 11.5 Å². The highest BCUT2D eigenvalue weighted by Gasteiger charge is 2.26. The third kappa shape index (κ3) is 4.05. The topological polar surface area (TPSA) is 48.0 Å². The van der Waals surface area contributed by atoms with Gasteiger partial charge in [0.25, 0.3) is 0 Å². The minimum Gasteiger partial charge on any atom is -0.454 e. The van der Waals surface area contributed by atoms with E-state index in [1.807, 2.05) is 43.5 Å². The molecule has 1 atom stereocenters. The Balaban J connectivity index is 1.63. The van der Waals surface area contributed by atoms with Crippen LogP contribution in [0, 0.1) is 0 Å². The fraction of sp³-hybridized carbons (Fsp3) is 0.588. The maximum Gasteiger partial charge on any atom is 0.410 e. The smallest absolute Gasteiger partial charge is 0.410 e. The average Bonchev–Trinajstić information content (AvgIpc) is 2.79. The van der Waals surface area contributed by atoms with Crippen LogP contribution in [-0.2, 0) is 4.74 Å². The van der Waals surface area contributed by atoms with Gasteiger partial charge in [-0.05, 0) is 44.9 Å². The number of carbonyl (C=O) groups is 1. The van der Waals surface area contributed by atoms with E-state index in [2.05, 4.69) is 12.1 Å². The highest BCUT2D eigenvalue weighted by atomic mass is 32.2. The van der Waals surface area contributed by atoms with Crippen LogP contribution in [0.2, 0.25) is 0 Å². The Bertz CT molecular complexity index is 584. The van der Waals surface area contributed by atoms with E-state index in [1.165, 1.54) is 5.56 Å². The Labute approximate surface area is 141 Å². The molecule has 1 unspecified atom stereocenters. The summed E-state index contributed by atoms with van der Waals surface area (Å²) in [6.07, 6.45) is 0.688. The Morgan fingerprint density at radius 1 is 1.26 bits per heavy atom. The van der Waals surface area contributed by atoms with Crippen LogP contribution in [0.5, 0.6) is 11.5 Å². The van der Waals surface area contributed by atoms with Crippen LogP contribution in [0.25, 0.3) is 0 Å². The van der Waals surface area contributed by atoms with Gasteiger partial charge >= 0.3 is 6.09 Å². The standard InChI is InChI=1S/C17H23NO4S/c1-17(2,3)22-16(19)18-7-6-15(23-9-8-18)12-4-5-13-14(10-12)21-11-20-13/h4-5,10,15H,6-9,11H2,1-3H3. The molecule has 1 fully saturated rings. The van der Waals surface area contributed by atoms with E-state index in [0.717, 1.165) is 30.2 Å². The van der Waals surface area contributed by atoms with Crippen molar-refractivity contribution in [2.75, 3.05) is 25.6 Å². The van der Waals surface area contributed by atoms with E-state index >= 15 is 0 Å². The molecule has 0 aromatic heterocycles. The zero-order chi connectivity index (χ0) is 16.4. The van der Waals surface area contributed by atoms with Gasteiger partial charge in [-0.15, -0.1) is 0 Å². The summed E-state index contributed by atoms with van der Waals surface area (Å²) in [5.41, 5.74) is 0.776. The van der Waals surface area contributed by atoms with Crippen LogP contribution in [-0.4, -0.2) is 42.2 Å². The summed E-state index contributed by atoms with van der Waals surface area (Å²) in [6.45, 7) is 7.41. The van der Waals surface area contributed by atoms with Crippen molar-refractivity contribution in [1.29, 1.82) is 0 Å². The zero-order valence-electron chi connectivity index (χ0n) is 13.8. The Morgan fingerprint density at radius 2 is 2.04 bits per heavy atom. The van der Waals surface area contributed by atoms with Gasteiger partial charge < -0.3 is 19.1 Å². The van der Waals surface area contributed by atoms with Gasteiger partial charge in [-0.3, -0.25) is 0 Å². The van der Waals surface area contributed by atoms with Crippen molar-refractivity contribution in [3.63, 3.8) is 0 Å². The molecule has 1 saturated heterocycles. The van der Waals surface area contributed by atoms with Gasteiger partial charge in [-0.2, -0.15) is 11.8 Å². The van der Waals surface area contributed by atoms with Crippen LogP contribution < -0.4 is 9.47 Å². The number of carbonyl (C=O) groups excluding carboxylic acids is 1. The molecule has 0 N–H and O–H groups in total. The molecule has 0 bridgehead atoms. The first-order chi connectivity index (χ1) is 10.9. The molecule has 1 amide bonds. The molecule has 2 heterocycles. The monoisotopic (exact) mass is 337 g/mol. The second-order valence-corrected chi connectivity index (χ2v) is 8.04. The first-order valence-electron chi connectivity index (χ1n) is 7.91. The summed E-state index contributed by atoms with van der Waals surface area (Å²) in [5, 5.41) is 0.358. The van der Waals surface area contributed by atoms with Crippen LogP contribution in [0.3, 0.4) is 0 Å². The first kappa shape index (κ1) is 16.3. The van der Waals surface area contributed by atoms with Crippen LogP contribution in [0.1, 0.15) is 38.0 Å². The van der Waals surface area contributed by atoms with Crippen molar-refractivity contribution in [3.05, 3.63) is 23.8 Å². The lowest BCUT2D eigenvalue weighted by atomic mass is 10.1. The Morgan fingerprint density at radius 3 is 2.83 bits per heavy atom. The summed E-state index contributed by atoms with van der Waals surface area (Å²) in [7, 11) is 0. The predicted molar refractivity (Wildman–Crippen MR) is 90.2 cm³/mol. The highest BCUT2D eigenvalue weighted by molar-refractivity contribution is 7.99. The summed E-state index contributed by atoms with van der Waals surface area (Å²) < 4.78 is 16.3. The SMILES string of the molecule is CC(C)(C)OC(=O)N1CCSC(c2ccc3c(c2)OCO3)CC1. The van der Waals surface area contributed by atoms with E-state index < -0.39 is 5.60 Å². The van der Waals surface area contributed by atoms with Gasteiger partial charge in [0.05, 0.1) is 0 Å². The quantitative estimate of drug-likeness (QED) is 0.779. The number of fused-ring (bicyclic) bond motifs is 1. The minimum absolute atomic E-state index is 0.218. The molecule has 2 aliphatic rings. The molecule has 0 spiro atoms. The molecule has 6 heteroatoms. The Kier molecular flexibility index (Phi) is 4.62. The number of rotatable bonds is 1. The first-order valence-corrected chi connectivity index (χ1v) is 8.96. The predicted octanol–water partition coefficient (Wildman–Crippen LogP) is 3.83. The van der Waals surface area contributed by atoms with Crippen molar-refractivity contribution in [2.45, 2.75) is 38.0 Å². The third-order valence-electron chi connectivity index (χ3n) is 3.76. The minimum atomic E-state index is -0.451. The largest absolute Gasteiger partial charge is 0.454 e. The van der Waals surface area contributed by atoms with Crippen molar-refractivity contribution >= 4 is 17.9 Å². The molecule has 126 valence electrons. The number of hydrogen-bond acceptors (Lipinski definition) is 5. The maximum absolute atomic E-state index is 12.2. The second-order valence-electron chi connectivity index (χ2n) is 6.73. The zero-order valence-corrected chi connectivity index (χ0v) is 14.6. The Hall–Kier alpha value is -1.56. The molecule has 2 aliphatic heterocycles. The molecule has 23 heavy (non-hydrogen) atoms. The molecular formula is C17H23NO4S. The molecule has 0 saturated carbocycles. The van der Waals surface area contributed by atoms with E-state index in [-0.39, 0.29) is 6.09 Å². The lowest BCUT2D eigenvalue weighted by molar-refractivity contribution is 0.0263. The van der Waals surface area contributed by atoms with Gasteiger partial charge in [0.1, 0.15) is 5.60 Å². The molecule has 1 aromatic rings. The number of thioether (sulfide) groups is 1. The van der Waals surface area contributed by atoms with Crippen LogP contribution in [0.4, 0.5) is 4.79 Å². The van der Waals surface area contributed by atoms with Crippen molar-refractivity contribution in [1.82, 2.24) is 4.90 Å².